The molecule has 1 aliphatic heterocycles. The Hall–Kier alpha value is -0.240. The van der Waals surface area contributed by atoms with E-state index in [1.165, 1.54) is 0 Å². The lowest BCUT2D eigenvalue weighted by Crippen LogP contribution is -2.48. The topological polar surface area (TPSA) is 99.4 Å². The summed E-state index contributed by atoms with van der Waals surface area (Å²) in [4.78, 5) is 0. The van der Waals surface area contributed by atoms with Crippen LogP contribution in [-0.4, -0.2) is 58.4 Å². The van der Waals surface area contributed by atoms with Crippen molar-refractivity contribution in [2.75, 3.05) is 13.2 Å². The highest BCUT2D eigenvalue weighted by molar-refractivity contribution is 4.68. The normalized spacial score (nSPS) is 39.5. The Kier molecular flexibility index (Phi) is 3.39. The van der Waals surface area contributed by atoms with Gasteiger partial charge in [0.05, 0.1) is 13.2 Å². The first kappa shape index (κ1) is 9.85. The van der Waals surface area contributed by atoms with Crippen LogP contribution in [0.3, 0.4) is 0 Å². The minimum absolute atomic E-state index is 0.122. The van der Waals surface area contributed by atoms with Gasteiger partial charge in [0.15, 0.2) is 12.6 Å². The van der Waals surface area contributed by atoms with Crippen molar-refractivity contribution in [3.63, 3.8) is 0 Å². The zero-order valence-electron chi connectivity index (χ0n) is 6.33. The van der Waals surface area contributed by atoms with E-state index in [9.17, 15) is 0 Å². The summed E-state index contributed by atoms with van der Waals surface area (Å²) < 4.78 is 9.40. The molecule has 0 spiro atoms. The predicted molar refractivity (Wildman–Crippen MR) is 35.9 cm³/mol. The largest absolute Gasteiger partial charge is 0.393 e. The minimum atomic E-state index is -1.37. The molecule has 1 rings (SSSR count). The highest BCUT2D eigenvalue weighted by atomic mass is 16.8. The zero-order valence-corrected chi connectivity index (χ0v) is 6.33. The van der Waals surface area contributed by atoms with Crippen LogP contribution in [0.4, 0.5) is 0 Å². The van der Waals surface area contributed by atoms with E-state index in [0.717, 1.165) is 0 Å². The molecule has 1 saturated heterocycles. The van der Waals surface area contributed by atoms with E-state index < -0.39 is 31.4 Å². The number of hydrogen-bond acceptors (Lipinski definition) is 6. The third kappa shape index (κ3) is 2.13. The third-order valence-corrected chi connectivity index (χ3v) is 1.54. The van der Waals surface area contributed by atoms with E-state index in [0.29, 0.717) is 0 Å². The molecule has 4 atom stereocenters. The van der Waals surface area contributed by atoms with Crippen LogP contribution < -0.4 is 0 Å². The van der Waals surface area contributed by atoms with Crippen molar-refractivity contribution in [2.45, 2.75) is 24.8 Å². The van der Waals surface area contributed by atoms with Gasteiger partial charge in [-0.3, -0.25) is 0 Å². The maximum absolute atomic E-state index is 8.99. The van der Waals surface area contributed by atoms with Gasteiger partial charge in [-0.1, -0.05) is 0 Å². The monoisotopic (exact) mass is 180 g/mol. The van der Waals surface area contributed by atoms with Crippen molar-refractivity contribution >= 4 is 0 Å². The first-order valence-corrected chi connectivity index (χ1v) is 3.57. The molecule has 4 N–H and O–H groups in total. The molecule has 1 fully saturated rings. The van der Waals surface area contributed by atoms with E-state index in [4.69, 9.17) is 25.2 Å². The molecule has 0 aliphatic carbocycles. The van der Waals surface area contributed by atoms with Gasteiger partial charge in [-0.2, -0.15) is 0 Å². The summed E-state index contributed by atoms with van der Waals surface area (Å²) in [5.74, 6) is 0. The average molecular weight is 180 g/mol. The lowest BCUT2D eigenvalue weighted by atomic mass is 10.3. The standard InChI is InChI=1S/C6H12O6/c7-1-3(8)6-11-2-4(9)5(10)12-6/h3-10H,1-2H2. The van der Waals surface area contributed by atoms with Crippen LogP contribution in [0.5, 0.6) is 0 Å². The summed E-state index contributed by atoms with van der Waals surface area (Å²) in [6, 6.07) is 0. The van der Waals surface area contributed by atoms with E-state index >= 15 is 0 Å². The quantitative estimate of drug-likeness (QED) is 0.371. The van der Waals surface area contributed by atoms with Gasteiger partial charge in [0, 0.05) is 0 Å². The second kappa shape index (κ2) is 4.13. The summed E-state index contributed by atoms with van der Waals surface area (Å²) in [7, 11) is 0. The van der Waals surface area contributed by atoms with Crippen LogP contribution in [0.2, 0.25) is 0 Å². The Morgan fingerprint density at radius 2 is 2.08 bits per heavy atom. The first-order valence-electron chi connectivity index (χ1n) is 3.57. The predicted octanol–water partition coefficient (Wildman–Crippen LogP) is -2.61. The zero-order chi connectivity index (χ0) is 9.14. The summed E-state index contributed by atoms with van der Waals surface area (Å²) in [5.41, 5.74) is 0. The lowest BCUT2D eigenvalue weighted by Gasteiger charge is -2.32. The molecule has 0 amide bonds. The Morgan fingerprint density at radius 1 is 1.42 bits per heavy atom. The minimum Gasteiger partial charge on any atom is -0.393 e. The molecule has 0 saturated carbocycles. The molecule has 72 valence electrons. The SMILES string of the molecule is OCC(O)C1OCC(O)C(O)O1. The fourth-order valence-electron chi connectivity index (χ4n) is 0.831. The number of hydrogen-bond donors (Lipinski definition) is 4. The van der Waals surface area contributed by atoms with Gasteiger partial charge in [0.1, 0.15) is 12.2 Å². The summed E-state index contributed by atoms with van der Waals surface area (Å²) in [6.07, 6.45) is -4.75. The summed E-state index contributed by atoms with van der Waals surface area (Å²) >= 11 is 0. The van der Waals surface area contributed by atoms with Crippen LogP contribution >= 0.6 is 0 Å². The second-order valence-electron chi connectivity index (χ2n) is 2.55. The van der Waals surface area contributed by atoms with Crippen molar-refractivity contribution in [3.05, 3.63) is 0 Å². The van der Waals surface area contributed by atoms with E-state index in [1.54, 1.807) is 0 Å². The molecule has 4 unspecified atom stereocenters. The first-order chi connectivity index (χ1) is 5.65. The fraction of sp³-hybridized carbons (Fsp3) is 1.00. The van der Waals surface area contributed by atoms with Crippen molar-refractivity contribution in [1.82, 2.24) is 0 Å². The van der Waals surface area contributed by atoms with Gasteiger partial charge >= 0.3 is 0 Å². The van der Waals surface area contributed by atoms with Crippen LogP contribution in [0.15, 0.2) is 0 Å². The van der Waals surface area contributed by atoms with Gasteiger partial charge in [-0.25, -0.2) is 0 Å². The van der Waals surface area contributed by atoms with Crippen molar-refractivity contribution in [2.24, 2.45) is 0 Å². The molecular weight excluding hydrogens is 168 g/mol. The third-order valence-electron chi connectivity index (χ3n) is 1.54. The Morgan fingerprint density at radius 3 is 2.58 bits per heavy atom. The molecular formula is C6H12O6. The van der Waals surface area contributed by atoms with Gasteiger partial charge in [-0.05, 0) is 0 Å². The van der Waals surface area contributed by atoms with E-state index in [1.807, 2.05) is 0 Å². The number of aliphatic hydroxyl groups excluding tert-OH is 4. The Bertz CT molecular complexity index is 140. The average Bonchev–Trinajstić information content (AvgIpc) is 2.08. The molecule has 1 heterocycles. The highest BCUT2D eigenvalue weighted by Crippen LogP contribution is 2.13. The van der Waals surface area contributed by atoms with Crippen LogP contribution in [0.1, 0.15) is 0 Å². The molecule has 0 aromatic rings. The van der Waals surface area contributed by atoms with Gasteiger partial charge in [0.25, 0.3) is 0 Å². The number of rotatable bonds is 2. The van der Waals surface area contributed by atoms with Crippen molar-refractivity contribution < 1.29 is 29.9 Å². The molecule has 6 heteroatoms. The fourth-order valence-corrected chi connectivity index (χ4v) is 0.831. The maximum Gasteiger partial charge on any atom is 0.188 e. The Labute approximate surface area is 69.0 Å². The van der Waals surface area contributed by atoms with Crippen LogP contribution in [-0.2, 0) is 9.47 Å². The van der Waals surface area contributed by atoms with Crippen LogP contribution in [0, 0.1) is 0 Å². The Balaban J connectivity index is 2.39. The van der Waals surface area contributed by atoms with Crippen molar-refractivity contribution in [3.8, 4) is 0 Å². The van der Waals surface area contributed by atoms with E-state index in [2.05, 4.69) is 4.74 Å². The van der Waals surface area contributed by atoms with Gasteiger partial charge < -0.3 is 29.9 Å². The number of aliphatic hydroxyl groups is 4. The molecule has 0 aromatic heterocycles. The molecule has 0 bridgehead atoms. The summed E-state index contributed by atoms with van der Waals surface area (Å²) in [5, 5.41) is 35.3. The molecule has 0 aromatic carbocycles. The van der Waals surface area contributed by atoms with Gasteiger partial charge in [0.2, 0.25) is 0 Å². The smallest absolute Gasteiger partial charge is 0.188 e. The maximum atomic E-state index is 8.99. The molecule has 1 aliphatic rings. The molecule has 12 heavy (non-hydrogen) atoms. The van der Waals surface area contributed by atoms with Crippen molar-refractivity contribution in [1.29, 1.82) is 0 Å². The lowest BCUT2D eigenvalue weighted by molar-refractivity contribution is -0.331. The van der Waals surface area contributed by atoms with E-state index in [-0.39, 0.29) is 6.61 Å². The highest BCUT2D eigenvalue weighted by Gasteiger charge is 2.32. The second-order valence-corrected chi connectivity index (χ2v) is 2.55. The number of ether oxygens (including phenoxy) is 2. The van der Waals surface area contributed by atoms with Crippen LogP contribution in [0.25, 0.3) is 0 Å². The molecule has 0 radical (unpaired) electrons. The van der Waals surface area contributed by atoms with Gasteiger partial charge in [-0.15, -0.1) is 0 Å². The molecule has 6 nitrogen and oxygen atoms in total. The summed E-state index contributed by atoms with van der Waals surface area (Å²) in [6.45, 7) is -0.642.